The van der Waals surface area contributed by atoms with Gasteiger partial charge in [0.2, 0.25) is 0 Å². The molecule has 0 amide bonds. The molecule has 34 heavy (non-hydrogen) atoms. The molecule has 0 fully saturated rings. The maximum absolute atomic E-state index is 12.8. The second-order valence-electron chi connectivity index (χ2n) is 8.17. The Morgan fingerprint density at radius 3 is 2.65 bits per heavy atom. The molecule has 1 aliphatic heterocycles. The number of esters is 1. The van der Waals surface area contributed by atoms with E-state index >= 15 is 0 Å². The first-order valence-corrected chi connectivity index (χ1v) is 11.2. The molecule has 0 spiro atoms. The van der Waals surface area contributed by atoms with Gasteiger partial charge in [-0.2, -0.15) is 0 Å². The third kappa shape index (κ3) is 4.72. The lowest BCUT2D eigenvalue weighted by molar-refractivity contribution is -0.143. The number of benzene rings is 2. The summed E-state index contributed by atoms with van der Waals surface area (Å²) in [4.78, 5) is 26.7. The van der Waals surface area contributed by atoms with E-state index in [9.17, 15) is 9.59 Å². The topological polar surface area (TPSA) is 87.4 Å². The van der Waals surface area contributed by atoms with E-state index < -0.39 is 5.63 Å². The monoisotopic (exact) mass is 467 g/mol. The Bertz CT molecular complexity index is 1260. The van der Waals surface area contributed by atoms with Crippen molar-refractivity contribution >= 4 is 16.9 Å². The van der Waals surface area contributed by atoms with Crippen LogP contribution in [0.5, 0.6) is 17.2 Å². The van der Waals surface area contributed by atoms with E-state index in [4.69, 9.17) is 23.4 Å². The number of fused-ring (bicyclic) bond motifs is 3. The number of rotatable bonds is 8. The third-order valence-electron chi connectivity index (χ3n) is 6.04. The molecule has 0 radical (unpaired) electrons. The molecule has 1 aliphatic rings. The lowest BCUT2D eigenvalue weighted by atomic mass is 9.99. The first-order chi connectivity index (χ1) is 16.4. The molecule has 3 aromatic rings. The zero-order valence-corrected chi connectivity index (χ0v) is 19.9. The van der Waals surface area contributed by atoms with Crippen molar-refractivity contribution in [3.8, 4) is 17.2 Å². The van der Waals surface area contributed by atoms with Crippen LogP contribution in [0.3, 0.4) is 0 Å². The van der Waals surface area contributed by atoms with Crippen LogP contribution in [0.4, 0.5) is 0 Å². The van der Waals surface area contributed by atoms with E-state index in [1.807, 2.05) is 37.3 Å². The van der Waals surface area contributed by atoms with Crippen LogP contribution in [-0.2, 0) is 29.0 Å². The van der Waals surface area contributed by atoms with Crippen molar-refractivity contribution in [2.45, 2.75) is 39.8 Å². The molecule has 0 unspecified atom stereocenters. The second-order valence-corrected chi connectivity index (χ2v) is 8.17. The molecule has 8 heteroatoms. The standard InChI is InChI=1S/C26H29NO7/c1-5-32-24(28)11-8-19-16(2)18-7-10-21-20(25(18)34-26(19)29)14-27(15-33-21)13-17-6-9-22(30-3)23(12-17)31-4/h6-7,9-10,12H,5,8,11,13-15H2,1-4H3. The number of aryl methyl sites for hydroxylation is 1. The molecule has 2 heterocycles. The van der Waals surface area contributed by atoms with Crippen molar-refractivity contribution < 1.29 is 28.2 Å². The first kappa shape index (κ1) is 23.6. The van der Waals surface area contributed by atoms with E-state index in [1.165, 1.54) is 0 Å². The minimum Gasteiger partial charge on any atom is -0.493 e. The highest BCUT2D eigenvalue weighted by Crippen LogP contribution is 2.35. The minimum absolute atomic E-state index is 0.137. The number of methoxy groups -OCH3 is 2. The average molecular weight is 468 g/mol. The van der Waals surface area contributed by atoms with Gasteiger partial charge >= 0.3 is 11.6 Å². The van der Waals surface area contributed by atoms with E-state index in [-0.39, 0.29) is 18.8 Å². The largest absolute Gasteiger partial charge is 0.493 e. The molecule has 0 atom stereocenters. The SMILES string of the molecule is CCOC(=O)CCc1c(C)c2ccc3c(c2oc1=O)CN(Cc1ccc(OC)c(OC)c1)CO3. The lowest BCUT2D eigenvalue weighted by Gasteiger charge is -2.29. The normalized spacial score (nSPS) is 13.3. The summed E-state index contributed by atoms with van der Waals surface area (Å²) in [6.07, 6.45) is 0.417. The van der Waals surface area contributed by atoms with Crippen molar-refractivity contribution in [1.82, 2.24) is 4.90 Å². The summed E-state index contributed by atoms with van der Waals surface area (Å²) in [6, 6.07) is 9.62. The zero-order valence-electron chi connectivity index (χ0n) is 19.9. The van der Waals surface area contributed by atoms with Gasteiger partial charge in [-0.05, 0) is 55.7 Å². The fourth-order valence-corrected chi connectivity index (χ4v) is 4.30. The lowest BCUT2D eigenvalue weighted by Crippen LogP contribution is -2.31. The van der Waals surface area contributed by atoms with Gasteiger partial charge in [-0.1, -0.05) is 6.07 Å². The van der Waals surface area contributed by atoms with Crippen molar-refractivity contribution in [1.29, 1.82) is 0 Å². The summed E-state index contributed by atoms with van der Waals surface area (Å²) in [6.45, 7) is 5.55. The number of hydrogen-bond donors (Lipinski definition) is 0. The van der Waals surface area contributed by atoms with Crippen LogP contribution in [0.1, 0.15) is 35.6 Å². The van der Waals surface area contributed by atoms with Gasteiger partial charge in [-0.15, -0.1) is 0 Å². The number of nitrogens with zero attached hydrogens (tertiary/aromatic N) is 1. The van der Waals surface area contributed by atoms with Crippen LogP contribution in [-0.4, -0.2) is 38.4 Å². The highest BCUT2D eigenvalue weighted by Gasteiger charge is 2.24. The summed E-state index contributed by atoms with van der Waals surface area (Å²) in [5.41, 5.74) is 3.29. The molecule has 0 saturated carbocycles. The highest BCUT2D eigenvalue weighted by molar-refractivity contribution is 5.86. The van der Waals surface area contributed by atoms with Gasteiger partial charge in [0, 0.05) is 30.5 Å². The minimum atomic E-state index is -0.431. The quantitative estimate of drug-likeness (QED) is 0.363. The van der Waals surface area contributed by atoms with Crippen LogP contribution in [0, 0.1) is 6.92 Å². The molecule has 2 aromatic carbocycles. The van der Waals surface area contributed by atoms with Gasteiger partial charge in [0.1, 0.15) is 18.1 Å². The fourth-order valence-electron chi connectivity index (χ4n) is 4.30. The summed E-state index contributed by atoms with van der Waals surface area (Å²) in [5.74, 6) is 1.72. The van der Waals surface area contributed by atoms with Gasteiger partial charge in [-0.3, -0.25) is 9.69 Å². The van der Waals surface area contributed by atoms with Crippen LogP contribution in [0.15, 0.2) is 39.5 Å². The van der Waals surface area contributed by atoms with Crippen LogP contribution in [0.25, 0.3) is 11.0 Å². The van der Waals surface area contributed by atoms with Gasteiger partial charge in [0.25, 0.3) is 0 Å². The fraction of sp³-hybridized carbons (Fsp3) is 0.385. The molecule has 1 aromatic heterocycles. The van der Waals surface area contributed by atoms with E-state index in [2.05, 4.69) is 4.90 Å². The summed E-state index contributed by atoms with van der Waals surface area (Å²) in [7, 11) is 3.22. The Hall–Kier alpha value is -3.52. The Morgan fingerprint density at radius 1 is 1.12 bits per heavy atom. The molecule has 0 aliphatic carbocycles. The molecule has 180 valence electrons. The predicted octanol–water partition coefficient (Wildman–Crippen LogP) is 3.97. The number of hydrogen-bond acceptors (Lipinski definition) is 8. The van der Waals surface area contributed by atoms with Crippen LogP contribution < -0.4 is 19.8 Å². The summed E-state index contributed by atoms with van der Waals surface area (Å²) in [5, 5.41) is 0.841. The predicted molar refractivity (Wildman–Crippen MR) is 126 cm³/mol. The molecule has 4 rings (SSSR count). The molecule has 0 bridgehead atoms. The van der Waals surface area contributed by atoms with Gasteiger partial charge in [0.15, 0.2) is 11.5 Å². The Morgan fingerprint density at radius 2 is 1.91 bits per heavy atom. The number of carbonyl (C=O) groups is 1. The Kier molecular flexibility index (Phi) is 7.07. The van der Waals surface area contributed by atoms with E-state index in [1.54, 1.807) is 21.1 Å². The third-order valence-corrected chi connectivity index (χ3v) is 6.04. The van der Waals surface area contributed by atoms with Gasteiger partial charge in [-0.25, -0.2) is 4.79 Å². The summed E-state index contributed by atoms with van der Waals surface area (Å²) < 4.78 is 27.5. The van der Waals surface area contributed by atoms with Crippen molar-refractivity contribution in [2.24, 2.45) is 0 Å². The van der Waals surface area contributed by atoms with E-state index in [0.29, 0.717) is 54.8 Å². The average Bonchev–Trinajstić information content (AvgIpc) is 2.84. The number of ether oxygens (including phenoxy) is 4. The molecule has 0 N–H and O–H groups in total. The smallest absolute Gasteiger partial charge is 0.339 e. The van der Waals surface area contributed by atoms with Gasteiger partial charge in [0.05, 0.1) is 26.4 Å². The molecule has 0 saturated heterocycles. The first-order valence-electron chi connectivity index (χ1n) is 11.2. The Balaban J connectivity index is 1.61. The van der Waals surface area contributed by atoms with Crippen LogP contribution >= 0.6 is 0 Å². The van der Waals surface area contributed by atoms with Gasteiger partial charge < -0.3 is 23.4 Å². The molecular weight excluding hydrogens is 438 g/mol. The zero-order chi connectivity index (χ0) is 24.2. The Labute approximate surface area is 198 Å². The maximum atomic E-state index is 12.8. The van der Waals surface area contributed by atoms with Crippen molar-refractivity contribution in [3.63, 3.8) is 0 Å². The number of carbonyl (C=O) groups excluding carboxylic acids is 1. The summed E-state index contributed by atoms with van der Waals surface area (Å²) >= 11 is 0. The maximum Gasteiger partial charge on any atom is 0.339 e. The van der Waals surface area contributed by atoms with Crippen molar-refractivity contribution in [3.05, 3.63) is 63.0 Å². The molecule has 8 nitrogen and oxygen atoms in total. The van der Waals surface area contributed by atoms with Crippen LogP contribution in [0.2, 0.25) is 0 Å². The second kappa shape index (κ2) is 10.2. The van der Waals surface area contributed by atoms with E-state index in [0.717, 1.165) is 22.1 Å². The molecular formula is C26H29NO7. The highest BCUT2D eigenvalue weighted by atomic mass is 16.5. The van der Waals surface area contributed by atoms with Crippen molar-refractivity contribution in [2.75, 3.05) is 27.6 Å².